The standard InChI is InChI=1S/C15H18BrNO5/c1-10(22-12-4-2-11(16)3-5-12)13(18)17-15(14(19)20)6-8-21-9-7-15/h2-5,10H,6-9H2,1H3,(H,17,18)(H,19,20). The molecule has 0 radical (unpaired) electrons. The average molecular weight is 372 g/mol. The first-order valence-electron chi connectivity index (χ1n) is 6.98. The highest BCUT2D eigenvalue weighted by Gasteiger charge is 2.42. The largest absolute Gasteiger partial charge is 0.481 e. The van der Waals surface area contributed by atoms with E-state index >= 15 is 0 Å². The molecule has 1 aromatic rings. The number of aliphatic carboxylic acids is 1. The van der Waals surface area contributed by atoms with Gasteiger partial charge in [-0.3, -0.25) is 4.79 Å². The molecule has 1 heterocycles. The molecule has 1 saturated heterocycles. The molecule has 0 aliphatic carbocycles. The van der Waals surface area contributed by atoms with E-state index in [2.05, 4.69) is 21.2 Å². The molecule has 1 aliphatic rings. The van der Waals surface area contributed by atoms with Crippen LogP contribution in [0.25, 0.3) is 0 Å². The second-order valence-corrected chi connectivity index (χ2v) is 6.12. The van der Waals surface area contributed by atoms with E-state index in [1.165, 1.54) is 0 Å². The molecule has 0 saturated carbocycles. The van der Waals surface area contributed by atoms with E-state index in [1.54, 1.807) is 31.2 Å². The van der Waals surface area contributed by atoms with Gasteiger partial charge in [0.2, 0.25) is 0 Å². The van der Waals surface area contributed by atoms with Crippen LogP contribution in [0.4, 0.5) is 0 Å². The number of benzene rings is 1. The molecule has 1 amide bonds. The molecule has 1 atom stereocenters. The van der Waals surface area contributed by atoms with Crippen LogP contribution in [0.2, 0.25) is 0 Å². The third-order valence-electron chi connectivity index (χ3n) is 3.61. The second kappa shape index (κ2) is 7.11. The molecule has 7 heteroatoms. The number of hydrogen-bond donors (Lipinski definition) is 2. The second-order valence-electron chi connectivity index (χ2n) is 5.20. The Morgan fingerprint density at radius 2 is 1.91 bits per heavy atom. The Morgan fingerprint density at radius 3 is 2.45 bits per heavy atom. The van der Waals surface area contributed by atoms with Crippen LogP contribution in [-0.4, -0.2) is 41.8 Å². The number of halogens is 1. The van der Waals surface area contributed by atoms with Crippen molar-refractivity contribution in [2.75, 3.05) is 13.2 Å². The maximum absolute atomic E-state index is 12.2. The molecule has 1 fully saturated rings. The summed E-state index contributed by atoms with van der Waals surface area (Å²) < 4.78 is 11.6. The van der Waals surface area contributed by atoms with E-state index in [9.17, 15) is 14.7 Å². The number of hydrogen-bond acceptors (Lipinski definition) is 4. The van der Waals surface area contributed by atoms with Gasteiger partial charge in [0.1, 0.15) is 11.3 Å². The lowest BCUT2D eigenvalue weighted by atomic mass is 9.90. The molecule has 1 unspecified atom stereocenters. The van der Waals surface area contributed by atoms with Crippen LogP contribution in [0, 0.1) is 0 Å². The summed E-state index contributed by atoms with van der Waals surface area (Å²) in [7, 11) is 0. The van der Waals surface area contributed by atoms with Crippen molar-refractivity contribution in [1.82, 2.24) is 5.32 Å². The Morgan fingerprint density at radius 1 is 1.32 bits per heavy atom. The summed E-state index contributed by atoms with van der Waals surface area (Å²) in [6.07, 6.45) is -0.293. The molecular formula is C15H18BrNO5. The van der Waals surface area contributed by atoms with Gasteiger partial charge < -0.3 is 19.9 Å². The quantitative estimate of drug-likeness (QED) is 0.826. The number of carboxylic acid groups (broad SMARTS) is 1. The molecule has 120 valence electrons. The Balaban J connectivity index is 2.00. The van der Waals surface area contributed by atoms with Gasteiger partial charge in [0, 0.05) is 30.5 Å². The molecule has 6 nitrogen and oxygen atoms in total. The zero-order valence-corrected chi connectivity index (χ0v) is 13.8. The zero-order valence-electron chi connectivity index (χ0n) is 12.2. The third-order valence-corrected chi connectivity index (χ3v) is 4.14. The first-order chi connectivity index (χ1) is 10.4. The Hall–Kier alpha value is -1.60. The van der Waals surface area contributed by atoms with Crippen LogP contribution in [0.5, 0.6) is 5.75 Å². The van der Waals surface area contributed by atoms with Gasteiger partial charge in [-0.05, 0) is 31.2 Å². The van der Waals surface area contributed by atoms with Crippen molar-refractivity contribution in [2.24, 2.45) is 0 Å². The highest BCUT2D eigenvalue weighted by Crippen LogP contribution is 2.22. The summed E-state index contributed by atoms with van der Waals surface area (Å²) in [5, 5.41) is 12.0. The van der Waals surface area contributed by atoms with E-state index in [0.717, 1.165) is 4.47 Å². The van der Waals surface area contributed by atoms with Crippen LogP contribution in [0.3, 0.4) is 0 Å². The summed E-state index contributed by atoms with van der Waals surface area (Å²) in [5.41, 5.74) is -1.27. The fraction of sp³-hybridized carbons (Fsp3) is 0.467. The molecule has 1 aromatic carbocycles. The van der Waals surface area contributed by atoms with Crippen molar-refractivity contribution in [1.29, 1.82) is 0 Å². The van der Waals surface area contributed by atoms with Crippen LogP contribution >= 0.6 is 15.9 Å². The molecule has 22 heavy (non-hydrogen) atoms. The van der Waals surface area contributed by atoms with Gasteiger partial charge in [0.05, 0.1) is 0 Å². The van der Waals surface area contributed by atoms with Crippen molar-refractivity contribution in [3.8, 4) is 5.75 Å². The normalized spacial score (nSPS) is 18.3. The predicted molar refractivity (Wildman–Crippen MR) is 82.8 cm³/mol. The minimum absolute atomic E-state index is 0.249. The van der Waals surface area contributed by atoms with Gasteiger partial charge >= 0.3 is 5.97 Å². The van der Waals surface area contributed by atoms with Crippen molar-refractivity contribution >= 4 is 27.8 Å². The van der Waals surface area contributed by atoms with E-state index in [0.29, 0.717) is 19.0 Å². The zero-order chi connectivity index (χ0) is 16.2. The number of carbonyl (C=O) groups excluding carboxylic acids is 1. The highest BCUT2D eigenvalue weighted by atomic mass is 79.9. The Bertz CT molecular complexity index is 539. The first-order valence-corrected chi connectivity index (χ1v) is 7.78. The smallest absolute Gasteiger partial charge is 0.329 e. The minimum atomic E-state index is -1.27. The van der Waals surface area contributed by atoms with Gasteiger partial charge in [0.25, 0.3) is 5.91 Å². The molecule has 0 aromatic heterocycles. The maximum atomic E-state index is 12.2. The van der Waals surface area contributed by atoms with Gasteiger partial charge in [-0.1, -0.05) is 15.9 Å². The summed E-state index contributed by atoms with van der Waals surface area (Å²) in [4.78, 5) is 23.8. The van der Waals surface area contributed by atoms with Crippen LogP contribution < -0.4 is 10.1 Å². The maximum Gasteiger partial charge on any atom is 0.329 e. The number of rotatable bonds is 5. The molecular weight excluding hydrogens is 354 g/mol. The van der Waals surface area contributed by atoms with Gasteiger partial charge in [-0.15, -0.1) is 0 Å². The summed E-state index contributed by atoms with van der Waals surface area (Å²) in [6, 6.07) is 7.07. The SMILES string of the molecule is CC(Oc1ccc(Br)cc1)C(=O)NC1(C(=O)O)CCOCC1. The molecule has 2 rings (SSSR count). The number of carbonyl (C=O) groups is 2. The van der Waals surface area contributed by atoms with E-state index < -0.39 is 23.5 Å². The topological polar surface area (TPSA) is 84.9 Å². The van der Waals surface area contributed by atoms with Crippen molar-refractivity contribution in [2.45, 2.75) is 31.4 Å². The van der Waals surface area contributed by atoms with Crippen LogP contribution in [-0.2, 0) is 14.3 Å². The highest BCUT2D eigenvalue weighted by molar-refractivity contribution is 9.10. The summed E-state index contributed by atoms with van der Waals surface area (Å²) >= 11 is 3.32. The first kappa shape index (κ1) is 16.8. The predicted octanol–water partition coefficient (Wildman–Crippen LogP) is 1.97. The number of nitrogens with one attached hydrogen (secondary N) is 1. The molecule has 0 spiro atoms. The lowest BCUT2D eigenvalue weighted by Gasteiger charge is -2.34. The third kappa shape index (κ3) is 3.98. The molecule has 0 bridgehead atoms. The van der Waals surface area contributed by atoms with Crippen molar-refractivity contribution in [3.05, 3.63) is 28.7 Å². The van der Waals surface area contributed by atoms with E-state index in [-0.39, 0.29) is 12.8 Å². The summed E-state index contributed by atoms with van der Waals surface area (Å²) in [5.74, 6) is -0.950. The summed E-state index contributed by atoms with van der Waals surface area (Å²) in [6.45, 7) is 2.22. The van der Waals surface area contributed by atoms with Crippen molar-refractivity contribution < 1.29 is 24.2 Å². The molecule has 1 aliphatic heterocycles. The van der Waals surface area contributed by atoms with E-state index in [4.69, 9.17) is 9.47 Å². The number of ether oxygens (including phenoxy) is 2. The Kier molecular flexibility index (Phi) is 5.42. The fourth-order valence-electron chi connectivity index (χ4n) is 2.22. The number of amides is 1. The van der Waals surface area contributed by atoms with E-state index in [1.807, 2.05) is 0 Å². The lowest BCUT2D eigenvalue weighted by molar-refractivity contribution is -0.153. The van der Waals surface area contributed by atoms with Gasteiger partial charge in [-0.25, -0.2) is 4.79 Å². The fourth-order valence-corrected chi connectivity index (χ4v) is 2.48. The number of carboxylic acids is 1. The minimum Gasteiger partial charge on any atom is -0.481 e. The average Bonchev–Trinajstić information content (AvgIpc) is 2.50. The van der Waals surface area contributed by atoms with Gasteiger partial charge in [-0.2, -0.15) is 0 Å². The van der Waals surface area contributed by atoms with Crippen LogP contribution in [0.1, 0.15) is 19.8 Å². The van der Waals surface area contributed by atoms with Gasteiger partial charge in [0.15, 0.2) is 6.10 Å². The monoisotopic (exact) mass is 371 g/mol. The van der Waals surface area contributed by atoms with Crippen molar-refractivity contribution in [3.63, 3.8) is 0 Å². The van der Waals surface area contributed by atoms with Crippen LogP contribution in [0.15, 0.2) is 28.7 Å². The Labute approximate surface area is 136 Å². The lowest BCUT2D eigenvalue weighted by Crippen LogP contribution is -2.59. The molecule has 2 N–H and O–H groups in total.